The zero-order valence-electron chi connectivity index (χ0n) is 7.22. The molecule has 3 heteroatoms. The second kappa shape index (κ2) is 3.21. The summed E-state index contributed by atoms with van der Waals surface area (Å²) in [4.78, 5) is 2.19. The Morgan fingerprint density at radius 1 is 1.73 bits per heavy atom. The van der Waals surface area contributed by atoms with Crippen LogP contribution in [0.1, 0.15) is 13.3 Å². The number of hydrogen-bond acceptors (Lipinski definition) is 3. The number of nitrogens with one attached hydrogen (secondary N) is 1. The van der Waals surface area contributed by atoms with E-state index in [4.69, 9.17) is 5.26 Å². The Morgan fingerprint density at radius 2 is 2.45 bits per heavy atom. The van der Waals surface area contributed by atoms with Crippen LogP contribution in [0.5, 0.6) is 0 Å². The van der Waals surface area contributed by atoms with Gasteiger partial charge in [0.1, 0.15) is 5.54 Å². The average Bonchev–Trinajstić information content (AvgIpc) is 2.34. The number of likely N-dealkylation sites (N-methyl/N-ethyl adjacent to an activating group) is 2. The van der Waals surface area contributed by atoms with Crippen molar-refractivity contribution in [2.24, 2.45) is 0 Å². The highest BCUT2D eigenvalue weighted by Crippen LogP contribution is 2.18. The molecule has 3 nitrogen and oxygen atoms in total. The molecule has 0 spiro atoms. The highest BCUT2D eigenvalue weighted by atomic mass is 15.2. The summed E-state index contributed by atoms with van der Waals surface area (Å²) >= 11 is 0. The standard InChI is InChI=1S/C8H15N3/c1-3-10-8(6-9)4-5-11(2)7-8/h10H,3-5,7H2,1-2H3. The molecular formula is C8H15N3. The van der Waals surface area contributed by atoms with Crippen LogP contribution in [-0.4, -0.2) is 37.1 Å². The zero-order chi connectivity index (χ0) is 8.32. The smallest absolute Gasteiger partial charge is 0.120 e. The summed E-state index contributed by atoms with van der Waals surface area (Å²) in [6, 6.07) is 2.36. The fourth-order valence-electron chi connectivity index (χ4n) is 1.61. The Hall–Kier alpha value is -0.590. The topological polar surface area (TPSA) is 39.1 Å². The highest BCUT2D eigenvalue weighted by molar-refractivity contribution is 5.12. The molecule has 0 amide bonds. The molecule has 1 heterocycles. The molecule has 0 aromatic carbocycles. The molecule has 1 saturated heterocycles. The van der Waals surface area contributed by atoms with Crippen molar-refractivity contribution in [1.29, 1.82) is 5.26 Å². The lowest BCUT2D eigenvalue weighted by atomic mass is 10.0. The van der Waals surface area contributed by atoms with Gasteiger partial charge in [0.2, 0.25) is 0 Å². The van der Waals surface area contributed by atoms with Gasteiger partial charge in [-0.3, -0.25) is 5.32 Å². The fraction of sp³-hybridized carbons (Fsp3) is 0.875. The van der Waals surface area contributed by atoms with Crippen molar-refractivity contribution in [2.75, 3.05) is 26.7 Å². The molecule has 0 bridgehead atoms. The number of nitriles is 1. The zero-order valence-corrected chi connectivity index (χ0v) is 7.22. The van der Waals surface area contributed by atoms with Gasteiger partial charge in [0, 0.05) is 13.1 Å². The van der Waals surface area contributed by atoms with E-state index >= 15 is 0 Å². The van der Waals surface area contributed by atoms with Crippen molar-refractivity contribution in [2.45, 2.75) is 18.9 Å². The summed E-state index contributed by atoms with van der Waals surface area (Å²) in [5.41, 5.74) is -0.260. The predicted octanol–water partition coefficient (Wildman–Crippen LogP) is 0.194. The molecule has 1 unspecified atom stereocenters. The summed E-state index contributed by atoms with van der Waals surface area (Å²) in [5.74, 6) is 0. The van der Waals surface area contributed by atoms with Gasteiger partial charge in [-0.05, 0) is 20.0 Å². The molecule has 1 fully saturated rings. The third-order valence-corrected chi connectivity index (χ3v) is 2.19. The van der Waals surface area contributed by atoms with E-state index in [0.29, 0.717) is 0 Å². The van der Waals surface area contributed by atoms with Crippen LogP contribution in [0.3, 0.4) is 0 Å². The van der Waals surface area contributed by atoms with Crippen LogP contribution in [0.2, 0.25) is 0 Å². The lowest BCUT2D eigenvalue weighted by molar-refractivity contribution is 0.369. The van der Waals surface area contributed by atoms with Gasteiger partial charge in [-0.25, -0.2) is 0 Å². The second-order valence-electron chi connectivity index (χ2n) is 3.21. The van der Waals surface area contributed by atoms with E-state index in [0.717, 1.165) is 26.1 Å². The molecule has 1 rings (SSSR count). The van der Waals surface area contributed by atoms with Crippen molar-refractivity contribution in [3.63, 3.8) is 0 Å². The van der Waals surface area contributed by atoms with Gasteiger partial charge < -0.3 is 4.90 Å². The Labute approximate surface area is 68.0 Å². The molecule has 62 valence electrons. The van der Waals surface area contributed by atoms with E-state index in [2.05, 4.69) is 23.3 Å². The minimum Gasteiger partial charge on any atom is -0.303 e. The van der Waals surface area contributed by atoms with Crippen LogP contribution in [0.4, 0.5) is 0 Å². The lowest BCUT2D eigenvalue weighted by Crippen LogP contribution is -2.45. The first-order valence-corrected chi connectivity index (χ1v) is 4.07. The van der Waals surface area contributed by atoms with Gasteiger partial charge >= 0.3 is 0 Å². The van der Waals surface area contributed by atoms with Crippen LogP contribution in [0.15, 0.2) is 0 Å². The van der Waals surface area contributed by atoms with Crippen LogP contribution in [0, 0.1) is 11.3 Å². The van der Waals surface area contributed by atoms with Crippen molar-refractivity contribution < 1.29 is 0 Å². The SMILES string of the molecule is CCNC1(C#N)CCN(C)C1. The van der Waals surface area contributed by atoms with E-state index in [9.17, 15) is 0 Å². The Balaban J connectivity index is 2.57. The summed E-state index contributed by atoms with van der Waals surface area (Å²) in [6.07, 6.45) is 0.952. The van der Waals surface area contributed by atoms with Gasteiger partial charge in [-0.2, -0.15) is 5.26 Å². The maximum atomic E-state index is 8.93. The van der Waals surface area contributed by atoms with E-state index in [1.807, 2.05) is 6.92 Å². The predicted molar refractivity (Wildman–Crippen MR) is 44.1 cm³/mol. The Bertz CT molecular complexity index is 169. The maximum Gasteiger partial charge on any atom is 0.120 e. The molecular weight excluding hydrogens is 138 g/mol. The number of hydrogen-bond donors (Lipinski definition) is 1. The second-order valence-corrected chi connectivity index (χ2v) is 3.21. The highest BCUT2D eigenvalue weighted by Gasteiger charge is 2.35. The number of nitrogens with zero attached hydrogens (tertiary/aromatic N) is 2. The normalized spacial score (nSPS) is 32.1. The van der Waals surface area contributed by atoms with Crippen LogP contribution >= 0.6 is 0 Å². The average molecular weight is 153 g/mol. The van der Waals surface area contributed by atoms with E-state index in [1.165, 1.54) is 0 Å². The molecule has 11 heavy (non-hydrogen) atoms. The molecule has 0 aromatic heterocycles. The molecule has 1 atom stereocenters. The summed E-state index contributed by atoms with van der Waals surface area (Å²) in [5, 5.41) is 12.2. The first kappa shape index (κ1) is 8.51. The van der Waals surface area contributed by atoms with Gasteiger partial charge in [-0.15, -0.1) is 0 Å². The number of rotatable bonds is 2. The molecule has 0 saturated carbocycles. The Kier molecular flexibility index (Phi) is 2.48. The van der Waals surface area contributed by atoms with E-state index in [1.54, 1.807) is 0 Å². The van der Waals surface area contributed by atoms with Crippen LogP contribution < -0.4 is 5.32 Å². The molecule has 0 aromatic rings. The maximum absolute atomic E-state index is 8.93. The van der Waals surface area contributed by atoms with Gasteiger partial charge in [0.15, 0.2) is 0 Å². The van der Waals surface area contributed by atoms with Crippen molar-refractivity contribution in [3.8, 4) is 6.07 Å². The minimum absolute atomic E-state index is 0.260. The lowest BCUT2D eigenvalue weighted by Gasteiger charge is -2.20. The quantitative estimate of drug-likeness (QED) is 0.615. The first-order valence-electron chi connectivity index (χ1n) is 4.07. The summed E-state index contributed by atoms with van der Waals surface area (Å²) < 4.78 is 0. The Morgan fingerprint density at radius 3 is 2.82 bits per heavy atom. The monoisotopic (exact) mass is 153 g/mol. The third kappa shape index (κ3) is 1.70. The molecule has 0 aliphatic carbocycles. The van der Waals surface area contributed by atoms with Gasteiger partial charge in [-0.1, -0.05) is 6.92 Å². The van der Waals surface area contributed by atoms with Crippen molar-refractivity contribution >= 4 is 0 Å². The van der Waals surface area contributed by atoms with Crippen LogP contribution in [0.25, 0.3) is 0 Å². The van der Waals surface area contributed by atoms with Gasteiger partial charge in [0.25, 0.3) is 0 Å². The van der Waals surface area contributed by atoms with Crippen molar-refractivity contribution in [3.05, 3.63) is 0 Å². The third-order valence-electron chi connectivity index (χ3n) is 2.19. The summed E-state index contributed by atoms with van der Waals surface area (Å²) in [6.45, 7) is 4.80. The fourth-order valence-corrected chi connectivity index (χ4v) is 1.61. The molecule has 1 aliphatic rings. The molecule has 1 aliphatic heterocycles. The van der Waals surface area contributed by atoms with Crippen molar-refractivity contribution in [1.82, 2.24) is 10.2 Å². The number of likely N-dealkylation sites (tertiary alicyclic amines) is 1. The van der Waals surface area contributed by atoms with Gasteiger partial charge in [0.05, 0.1) is 6.07 Å². The van der Waals surface area contributed by atoms with E-state index < -0.39 is 0 Å². The molecule has 0 radical (unpaired) electrons. The summed E-state index contributed by atoms with van der Waals surface area (Å²) in [7, 11) is 2.05. The first-order chi connectivity index (χ1) is 5.22. The van der Waals surface area contributed by atoms with Crippen LogP contribution in [-0.2, 0) is 0 Å². The molecule has 1 N–H and O–H groups in total. The minimum atomic E-state index is -0.260. The largest absolute Gasteiger partial charge is 0.303 e. The van der Waals surface area contributed by atoms with E-state index in [-0.39, 0.29) is 5.54 Å².